The smallest absolute Gasteiger partial charge is 0.854 e. The van der Waals surface area contributed by atoms with Gasteiger partial charge in [0.2, 0.25) is 0 Å². The third-order valence-corrected chi connectivity index (χ3v) is 1.24. The number of nitrogens with zero attached hydrogens (tertiary/aromatic N) is 1. The zero-order valence-corrected chi connectivity index (χ0v) is 9.89. The van der Waals surface area contributed by atoms with Gasteiger partial charge in [-0.15, -0.1) is 6.61 Å². The first kappa shape index (κ1) is 14.4. The molecule has 3 nitrogen and oxygen atoms in total. The Bertz CT molecular complexity index is 71.5. The second kappa shape index (κ2) is 10.9. The van der Waals surface area contributed by atoms with E-state index in [1.165, 1.54) is 0 Å². The molecule has 0 rings (SSSR count). The Balaban J connectivity index is 0. The van der Waals surface area contributed by atoms with Gasteiger partial charge in [0.05, 0.1) is 0 Å². The van der Waals surface area contributed by atoms with Crippen molar-refractivity contribution >= 4 is 0 Å². The molecule has 0 aliphatic carbocycles. The van der Waals surface area contributed by atoms with Crippen LogP contribution in [-0.4, -0.2) is 45.2 Å². The van der Waals surface area contributed by atoms with Crippen molar-refractivity contribution in [1.29, 1.82) is 0 Å². The van der Waals surface area contributed by atoms with Gasteiger partial charge in [-0.25, -0.2) is 0 Å². The summed E-state index contributed by atoms with van der Waals surface area (Å²) in [5.74, 6) is 0. The normalized spacial score (nSPS) is 9.82. The van der Waals surface area contributed by atoms with Crippen LogP contribution in [0.25, 0.3) is 0 Å². The molecule has 0 aliphatic rings. The molecule has 0 fully saturated rings. The first-order chi connectivity index (χ1) is 4.77. The van der Waals surface area contributed by atoms with E-state index in [-0.39, 0.29) is 36.2 Å². The summed E-state index contributed by atoms with van der Waals surface area (Å²) in [4.78, 5) is 2.14. The zero-order valence-electron chi connectivity index (χ0n) is 7.89. The second-order valence-electron chi connectivity index (χ2n) is 2.61. The third kappa shape index (κ3) is 13.8. The average Bonchev–Trinajstić information content (AvgIpc) is 1.87. The fraction of sp³-hybridized carbons (Fsp3) is 1.00. The van der Waals surface area contributed by atoms with Crippen molar-refractivity contribution in [2.75, 3.05) is 40.3 Å². The fourth-order valence-electron chi connectivity index (χ4n) is 0.717. The molecule has 0 aliphatic heterocycles. The first-order valence-electron chi connectivity index (χ1n) is 3.71. The molecule has 0 spiro atoms. The summed E-state index contributed by atoms with van der Waals surface area (Å²) in [7, 11) is 4.10. The number of nitrogens with one attached hydrogen (secondary N) is 1. The fourth-order valence-corrected chi connectivity index (χ4v) is 0.717. The van der Waals surface area contributed by atoms with E-state index in [4.69, 9.17) is 0 Å². The molecule has 0 aromatic rings. The van der Waals surface area contributed by atoms with Crippen LogP contribution in [0.5, 0.6) is 0 Å². The molecule has 11 heavy (non-hydrogen) atoms. The van der Waals surface area contributed by atoms with Crippen molar-refractivity contribution in [3.05, 3.63) is 0 Å². The molecule has 4 heteroatoms. The predicted molar refractivity (Wildman–Crippen MR) is 40.9 cm³/mol. The molecule has 0 amide bonds. The first-order valence-corrected chi connectivity index (χ1v) is 3.71. The van der Waals surface area contributed by atoms with E-state index < -0.39 is 0 Å². The monoisotopic (exact) mass is 168 g/mol. The van der Waals surface area contributed by atoms with Gasteiger partial charge in [0.1, 0.15) is 0 Å². The molecule has 0 radical (unpaired) electrons. The quantitative estimate of drug-likeness (QED) is 0.323. The Hall–Kier alpha value is 0.880. The predicted octanol–water partition coefficient (Wildman–Crippen LogP) is -4.11. The number of rotatable bonds is 6. The molecule has 1 N–H and O–H groups in total. The maximum absolute atomic E-state index is 9.95. The Labute approximate surface area is 91.4 Å². The van der Waals surface area contributed by atoms with Crippen LogP contribution in [0.15, 0.2) is 0 Å². The summed E-state index contributed by atoms with van der Waals surface area (Å²) in [6.07, 6.45) is 1.12. The van der Waals surface area contributed by atoms with Crippen LogP contribution in [-0.2, 0) is 0 Å². The van der Waals surface area contributed by atoms with E-state index in [2.05, 4.69) is 10.2 Å². The Morgan fingerprint density at radius 1 is 1.27 bits per heavy atom. The molecule has 0 bridgehead atoms. The summed E-state index contributed by atoms with van der Waals surface area (Å²) < 4.78 is 0. The van der Waals surface area contributed by atoms with E-state index in [0.29, 0.717) is 6.54 Å². The largest absolute Gasteiger partial charge is 1.00 e. The van der Waals surface area contributed by atoms with Crippen LogP contribution < -0.4 is 40.0 Å². The van der Waals surface area contributed by atoms with Crippen molar-refractivity contribution in [2.24, 2.45) is 0 Å². The number of hydrogen-bond donors (Lipinski definition) is 1. The van der Waals surface area contributed by atoms with Crippen molar-refractivity contribution < 1.29 is 34.7 Å². The van der Waals surface area contributed by atoms with Gasteiger partial charge in [-0.05, 0) is 40.2 Å². The minimum Gasteiger partial charge on any atom is -0.854 e. The van der Waals surface area contributed by atoms with Crippen molar-refractivity contribution in [3.8, 4) is 0 Å². The summed E-state index contributed by atoms with van der Waals surface area (Å²) in [6, 6.07) is 0. The van der Waals surface area contributed by atoms with Crippen molar-refractivity contribution in [3.63, 3.8) is 0 Å². The van der Waals surface area contributed by atoms with Crippen LogP contribution in [0.2, 0.25) is 0 Å². The van der Waals surface area contributed by atoms with E-state index >= 15 is 0 Å². The van der Waals surface area contributed by atoms with Crippen molar-refractivity contribution in [1.82, 2.24) is 10.2 Å². The molecule has 0 aromatic heterocycles. The van der Waals surface area contributed by atoms with Gasteiger partial charge < -0.3 is 15.3 Å². The van der Waals surface area contributed by atoms with Gasteiger partial charge in [0.15, 0.2) is 0 Å². The SMILES string of the molecule is CN(C)CCCNCC[O-].[Na+]. The van der Waals surface area contributed by atoms with Gasteiger partial charge >= 0.3 is 29.6 Å². The summed E-state index contributed by atoms with van der Waals surface area (Å²) in [5, 5.41) is 13.0. The molecular weight excluding hydrogens is 151 g/mol. The molecule has 0 saturated carbocycles. The van der Waals surface area contributed by atoms with Crippen LogP contribution in [0, 0.1) is 0 Å². The van der Waals surface area contributed by atoms with Crippen LogP contribution in [0.1, 0.15) is 6.42 Å². The van der Waals surface area contributed by atoms with Crippen LogP contribution in [0.3, 0.4) is 0 Å². The molecule has 0 unspecified atom stereocenters. The molecular formula is C7H17N2NaO. The minimum absolute atomic E-state index is 0. The molecule has 0 heterocycles. The topological polar surface area (TPSA) is 38.3 Å². The number of hydrogen-bond acceptors (Lipinski definition) is 3. The Morgan fingerprint density at radius 2 is 1.91 bits per heavy atom. The van der Waals surface area contributed by atoms with Gasteiger partial charge in [-0.3, -0.25) is 0 Å². The van der Waals surface area contributed by atoms with E-state index in [9.17, 15) is 5.11 Å². The molecule has 0 aromatic carbocycles. The maximum Gasteiger partial charge on any atom is 1.00 e. The standard InChI is InChI=1S/C7H17N2O.Na/c1-9(2)6-3-4-8-5-7-10;/h8H,3-7H2,1-2H3;/q-1;+1. The molecule has 0 saturated heterocycles. The second-order valence-corrected chi connectivity index (χ2v) is 2.61. The van der Waals surface area contributed by atoms with Gasteiger partial charge in [0.25, 0.3) is 0 Å². The Morgan fingerprint density at radius 3 is 2.36 bits per heavy atom. The third-order valence-electron chi connectivity index (χ3n) is 1.24. The van der Waals surface area contributed by atoms with Crippen LogP contribution in [0.4, 0.5) is 0 Å². The average molecular weight is 168 g/mol. The zero-order chi connectivity index (χ0) is 7.82. The molecule has 62 valence electrons. The van der Waals surface area contributed by atoms with Gasteiger partial charge in [-0.2, -0.15) is 0 Å². The van der Waals surface area contributed by atoms with Gasteiger partial charge in [0, 0.05) is 0 Å². The summed E-state index contributed by atoms with van der Waals surface area (Å²) in [6.45, 7) is 2.64. The van der Waals surface area contributed by atoms with E-state index in [0.717, 1.165) is 19.5 Å². The van der Waals surface area contributed by atoms with Crippen LogP contribution >= 0.6 is 0 Å². The van der Waals surface area contributed by atoms with Crippen molar-refractivity contribution in [2.45, 2.75) is 6.42 Å². The minimum atomic E-state index is -0.0119. The summed E-state index contributed by atoms with van der Waals surface area (Å²) >= 11 is 0. The maximum atomic E-state index is 9.95. The summed E-state index contributed by atoms with van der Waals surface area (Å²) in [5.41, 5.74) is 0. The van der Waals surface area contributed by atoms with E-state index in [1.54, 1.807) is 0 Å². The van der Waals surface area contributed by atoms with Gasteiger partial charge in [-0.1, -0.05) is 0 Å². The van der Waals surface area contributed by atoms with E-state index in [1.807, 2.05) is 14.1 Å². The molecule has 0 atom stereocenters. The Kier molecular flexibility index (Phi) is 14.2.